The van der Waals surface area contributed by atoms with Crippen molar-refractivity contribution in [2.24, 2.45) is 11.3 Å². The Labute approximate surface area is 176 Å². The van der Waals surface area contributed by atoms with E-state index in [9.17, 15) is 4.79 Å². The molecule has 154 valence electrons. The van der Waals surface area contributed by atoms with Crippen molar-refractivity contribution in [2.75, 3.05) is 25.5 Å². The molecule has 0 atom stereocenters. The van der Waals surface area contributed by atoms with E-state index in [4.69, 9.17) is 4.74 Å². The number of methoxy groups -OCH3 is 1. The summed E-state index contributed by atoms with van der Waals surface area (Å²) in [7, 11) is 1.47. The molecule has 2 aromatic rings. The van der Waals surface area contributed by atoms with Gasteiger partial charge in [-0.3, -0.25) is 9.69 Å². The molecule has 1 aromatic carbocycles. The number of rotatable bonds is 5. The SMILES string of the molecule is COC(=O)CC(C)(C)C1CCN(Cc2ccc3c(c2)Nc2nccnc2S3)CC1. The fourth-order valence-corrected chi connectivity index (χ4v) is 5.18. The number of fused-ring (bicyclic) bond motifs is 2. The molecule has 29 heavy (non-hydrogen) atoms. The van der Waals surface area contributed by atoms with Gasteiger partial charge in [-0.1, -0.05) is 31.7 Å². The maximum Gasteiger partial charge on any atom is 0.306 e. The summed E-state index contributed by atoms with van der Waals surface area (Å²) in [6, 6.07) is 6.61. The summed E-state index contributed by atoms with van der Waals surface area (Å²) in [6.45, 7) is 7.44. The third-order valence-electron chi connectivity index (χ3n) is 6.09. The number of hydrogen-bond acceptors (Lipinski definition) is 7. The molecule has 0 saturated carbocycles. The largest absolute Gasteiger partial charge is 0.469 e. The van der Waals surface area contributed by atoms with E-state index in [-0.39, 0.29) is 11.4 Å². The van der Waals surface area contributed by atoms with Crippen LogP contribution in [0.15, 0.2) is 40.5 Å². The Morgan fingerprint density at radius 3 is 2.79 bits per heavy atom. The van der Waals surface area contributed by atoms with Crippen molar-refractivity contribution >= 4 is 29.2 Å². The maximum absolute atomic E-state index is 11.7. The van der Waals surface area contributed by atoms with Gasteiger partial charge in [-0.2, -0.15) is 0 Å². The molecule has 2 aliphatic rings. The fourth-order valence-electron chi connectivity index (χ4n) is 4.30. The van der Waals surface area contributed by atoms with Crippen molar-refractivity contribution in [3.05, 3.63) is 36.2 Å². The molecule has 6 nitrogen and oxygen atoms in total. The summed E-state index contributed by atoms with van der Waals surface area (Å²) in [5.41, 5.74) is 2.40. The summed E-state index contributed by atoms with van der Waals surface area (Å²) in [5.74, 6) is 1.27. The zero-order valence-corrected chi connectivity index (χ0v) is 18.1. The van der Waals surface area contributed by atoms with Gasteiger partial charge in [0.05, 0.1) is 19.2 Å². The molecule has 0 radical (unpaired) electrons. The third-order valence-corrected chi connectivity index (χ3v) is 7.16. The van der Waals surface area contributed by atoms with Gasteiger partial charge < -0.3 is 10.1 Å². The van der Waals surface area contributed by atoms with Crippen LogP contribution in [0.3, 0.4) is 0 Å². The maximum atomic E-state index is 11.7. The number of nitrogens with one attached hydrogen (secondary N) is 1. The van der Waals surface area contributed by atoms with Gasteiger partial charge in [0.15, 0.2) is 5.82 Å². The van der Waals surface area contributed by atoms with Crippen LogP contribution < -0.4 is 5.32 Å². The van der Waals surface area contributed by atoms with E-state index in [0.717, 1.165) is 49.0 Å². The Morgan fingerprint density at radius 2 is 2.03 bits per heavy atom. The highest BCUT2D eigenvalue weighted by Gasteiger charge is 2.34. The predicted octanol–water partition coefficient (Wildman–Crippen LogP) is 4.49. The second-order valence-corrected chi connectivity index (χ2v) is 9.59. The van der Waals surface area contributed by atoms with Crippen LogP contribution in [-0.4, -0.2) is 41.0 Å². The zero-order chi connectivity index (χ0) is 20.4. The highest BCUT2D eigenvalue weighted by molar-refractivity contribution is 7.99. The van der Waals surface area contributed by atoms with Gasteiger partial charge in [-0.25, -0.2) is 9.97 Å². The van der Waals surface area contributed by atoms with E-state index in [1.165, 1.54) is 17.6 Å². The van der Waals surface area contributed by atoms with E-state index >= 15 is 0 Å². The number of esters is 1. The number of piperidine rings is 1. The van der Waals surface area contributed by atoms with Crippen molar-refractivity contribution < 1.29 is 9.53 Å². The van der Waals surface area contributed by atoms with Gasteiger partial charge in [-0.05, 0) is 55.0 Å². The smallest absolute Gasteiger partial charge is 0.306 e. The second-order valence-electron chi connectivity index (χ2n) is 8.56. The van der Waals surface area contributed by atoms with Crippen LogP contribution in [0.1, 0.15) is 38.7 Å². The van der Waals surface area contributed by atoms with Gasteiger partial charge in [0.25, 0.3) is 0 Å². The molecule has 7 heteroatoms. The Balaban J connectivity index is 1.35. The number of anilines is 2. The molecular weight excluding hydrogens is 384 g/mol. The van der Waals surface area contributed by atoms with Crippen molar-refractivity contribution in [3.8, 4) is 0 Å². The molecule has 2 aliphatic heterocycles. The summed E-state index contributed by atoms with van der Waals surface area (Å²) < 4.78 is 4.88. The number of carbonyl (C=O) groups excluding carboxylic acids is 1. The lowest BCUT2D eigenvalue weighted by Gasteiger charge is -2.40. The predicted molar refractivity (Wildman–Crippen MR) is 114 cm³/mol. The number of likely N-dealkylation sites (tertiary alicyclic amines) is 1. The Morgan fingerprint density at radius 1 is 1.28 bits per heavy atom. The zero-order valence-electron chi connectivity index (χ0n) is 17.3. The molecule has 3 heterocycles. The minimum absolute atomic E-state index is 0.0133. The van der Waals surface area contributed by atoms with Crippen molar-refractivity contribution in [3.63, 3.8) is 0 Å². The minimum atomic E-state index is -0.108. The summed E-state index contributed by atoms with van der Waals surface area (Å²) >= 11 is 1.66. The van der Waals surface area contributed by atoms with E-state index in [1.807, 2.05) is 0 Å². The highest BCUT2D eigenvalue weighted by atomic mass is 32.2. The molecule has 4 rings (SSSR count). The summed E-state index contributed by atoms with van der Waals surface area (Å²) in [5, 5.41) is 4.33. The third kappa shape index (κ3) is 4.56. The monoisotopic (exact) mass is 412 g/mol. The molecule has 0 amide bonds. The molecular formula is C22H28N4O2S. The van der Waals surface area contributed by atoms with Crippen molar-refractivity contribution in [2.45, 2.75) is 49.6 Å². The first-order chi connectivity index (χ1) is 13.9. The molecule has 0 aliphatic carbocycles. The van der Waals surface area contributed by atoms with E-state index < -0.39 is 0 Å². The average molecular weight is 413 g/mol. The van der Waals surface area contributed by atoms with Crippen LogP contribution in [0.4, 0.5) is 11.5 Å². The fraction of sp³-hybridized carbons (Fsp3) is 0.500. The van der Waals surface area contributed by atoms with Crippen LogP contribution in [0.25, 0.3) is 0 Å². The van der Waals surface area contributed by atoms with Gasteiger partial charge in [-0.15, -0.1) is 0 Å². The number of benzene rings is 1. The Hall–Kier alpha value is -2.12. The molecule has 1 fully saturated rings. The van der Waals surface area contributed by atoms with Gasteiger partial charge >= 0.3 is 5.97 Å². The molecule has 0 spiro atoms. The van der Waals surface area contributed by atoms with E-state index in [2.05, 4.69) is 52.2 Å². The van der Waals surface area contributed by atoms with E-state index in [1.54, 1.807) is 24.2 Å². The lowest BCUT2D eigenvalue weighted by molar-refractivity contribution is -0.144. The molecule has 1 N–H and O–H groups in total. The quantitative estimate of drug-likeness (QED) is 0.620. The first-order valence-corrected chi connectivity index (χ1v) is 10.9. The van der Waals surface area contributed by atoms with Crippen LogP contribution in [0.5, 0.6) is 0 Å². The number of carbonyl (C=O) groups is 1. The topological polar surface area (TPSA) is 67.3 Å². The molecule has 1 aromatic heterocycles. The van der Waals surface area contributed by atoms with Crippen molar-refractivity contribution in [1.29, 1.82) is 0 Å². The lowest BCUT2D eigenvalue weighted by Crippen LogP contribution is -2.39. The number of ether oxygens (including phenoxy) is 1. The second kappa shape index (κ2) is 8.32. The summed E-state index contributed by atoms with van der Waals surface area (Å²) in [4.78, 5) is 24.2. The number of hydrogen-bond donors (Lipinski definition) is 1. The van der Waals surface area contributed by atoms with Crippen LogP contribution in [0, 0.1) is 11.3 Å². The normalized spacial score (nSPS) is 17.2. The Kier molecular flexibility index (Phi) is 5.79. The average Bonchev–Trinajstić information content (AvgIpc) is 2.72. The molecule has 0 bridgehead atoms. The highest BCUT2D eigenvalue weighted by Crippen LogP contribution is 2.42. The van der Waals surface area contributed by atoms with Gasteiger partial charge in [0, 0.05) is 23.8 Å². The van der Waals surface area contributed by atoms with Crippen LogP contribution >= 0.6 is 11.8 Å². The lowest BCUT2D eigenvalue weighted by atomic mass is 9.71. The first kappa shape index (κ1) is 20.2. The Bertz CT molecular complexity index is 894. The van der Waals surface area contributed by atoms with Crippen LogP contribution in [-0.2, 0) is 16.1 Å². The summed E-state index contributed by atoms with van der Waals surface area (Å²) in [6.07, 6.45) is 6.17. The molecule has 0 unspecified atom stereocenters. The van der Waals surface area contributed by atoms with Crippen LogP contribution in [0.2, 0.25) is 0 Å². The van der Waals surface area contributed by atoms with Gasteiger partial charge in [0.2, 0.25) is 0 Å². The molecule has 1 saturated heterocycles. The standard InChI is InChI=1S/C22H28N4O2S/c1-22(2,13-19(27)28-3)16-6-10-26(11-7-16)14-15-4-5-18-17(12-15)25-20-21(29-18)24-9-8-23-20/h4-5,8-9,12,16H,6-7,10-11,13-14H2,1-3H3,(H,23,25). The van der Waals surface area contributed by atoms with Gasteiger partial charge in [0.1, 0.15) is 5.03 Å². The first-order valence-electron chi connectivity index (χ1n) is 10.1. The number of aromatic nitrogens is 2. The number of nitrogens with zero attached hydrogens (tertiary/aromatic N) is 3. The minimum Gasteiger partial charge on any atom is -0.469 e. The van der Waals surface area contributed by atoms with Crippen molar-refractivity contribution in [1.82, 2.24) is 14.9 Å². The van der Waals surface area contributed by atoms with E-state index in [0.29, 0.717) is 12.3 Å².